The van der Waals surface area contributed by atoms with E-state index in [0.29, 0.717) is 29.5 Å². The number of aromatic nitrogens is 1. The van der Waals surface area contributed by atoms with E-state index < -0.39 is 23.4 Å². The number of amides is 2. The van der Waals surface area contributed by atoms with Gasteiger partial charge in [-0.05, 0) is 55.7 Å². The van der Waals surface area contributed by atoms with Crippen LogP contribution in [-0.2, 0) is 4.79 Å². The third kappa shape index (κ3) is 4.10. The van der Waals surface area contributed by atoms with E-state index in [0.717, 1.165) is 10.5 Å². The number of halogens is 1. The molecule has 1 fully saturated rings. The Morgan fingerprint density at radius 1 is 1.24 bits per heavy atom. The number of rotatable bonds is 4. The van der Waals surface area contributed by atoms with Gasteiger partial charge in [0.1, 0.15) is 11.3 Å². The van der Waals surface area contributed by atoms with Gasteiger partial charge in [0, 0.05) is 12.6 Å². The number of nitrogens with one attached hydrogen (secondary N) is 1. The van der Waals surface area contributed by atoms with Crippen molar-refractivity contribution in [1.82, 2.24) is 9.88 Å². The van der Waals surface area contributed by atoms with Gasteiger partial charge < -0.3 is 24.5 Å². The zero-order valence-corrected chi connectivity index (χ0v) is 19.4. The number of aryl methyl sites for hydroxylation is 1. The average molecular weight is 421 g/mol. The summed E-state index contributed by atoms with van der Waals surface area (Å²) in [5, 5.41) is 13.6. The molecule has 2 amide bonds. The van der Waals surface area contributed by atoms with Crippen LogP contribution in [0.4, 0.5) is 14.9 Å². The van der Waals surface area contributed by atoms with Gasteiger partial charge in [0.25, 0.3) is 0 Å². The number of carbonyl (C=O) groups excluding carboxylic acids is 2. The summed E-state index contributed by atoms with van der Waals surface area (Å²) in [6, 6.07) is 9.01. The number of urea groups is 1. The molecule has 4 rings (SSSR count). The van der Waals surface area contributed by atoms with Gasteiger partial charge in [0.15, 0.2) is 5.58 Å². The Labute approximate surface area is 208 Å². The molecule has 2 aromatic carbocycles. The van der Waals surface area contributed by atoms with Crippen LogP contribution in [0.2, 0.25) is 0 Å². The Morgan fingerprint density at radius 3 is 2.59 bits per heavy atom. The second-order valence-electron chi connectivity index (χ2n) is 6.99. The summed E-state index contributed by atoms with van der Waals surface area (Å²) in [7, 11) is 1.35. The number of aliphatic carboxylic acids is 1. The first-order valence-electron chi connectivity index (χ1n) is 8.73. The van der Waals surface area contributed by atoms with Crippen molar-refractivity contribution < 1.29 is 74.9 Å². The number of anilines is 1. The molecule has 0 aliphatic heterocycles. The molecule has 0 saturated heterocycles. The maximum Gasteiger partial charge on any atom is 1.00 e. The fourth-order valence-electron chi connectivity index (χ4n) is 3.10. The van der Waals surface area contributed by atoms with Gasteiger partial charge in [-0.2, -0.15) is 0 Å². The predicted octanol–water partition coefficient (Wildman–Crippen LogP) is -0.307. The molecule has 3 aromatic rings. The summed E-state index contributed by atoms with van der Waals surface area (Å²) < 4.78 is 20.2. The predicted molar refractivity (Wildman–Crippen MR) is 97.9 cm³/mol. The van der Waals surface area contributed by atoms with E-state index in [9.17, 15) is 19.1 Å². The number of hydrogen-bond donors (Lipinski definition) is 1. The molecule has 0 spiro atoms. The van der Waals surface area contributed by atoms with Crippen LogP contribution >= 0.6 is 0 Å². The van der Waals surface area contributed by atoms with Crippen molar-refractivity contribution >= 4 is 28.8 Å². The quantitative estimate of drug-likeness (QED) is 0.583. The van der Waals surface area contributed by atoms with Gasteiger partial charge in [-0.3, -0.25) is 0 Å². The molecule has 29 heavy (non-hydrogen) atoms. The molecule has 0 bridgehead atoms. The molecule has 1 N–H and O–H groups in total. The summed E-state index contributed by atoms with van der Waals surface area (Å²) in [6.45, 7) is 1.94. The number of nitrogens with zero attached hydrogens (tertiary/aromatic N) is 2. The first-order chi connectivity index (χ1) is 13.3. The number of fused-ring (bicyclic) bond motifs is 1. The monoisotopic (exact) mass is 421 g/mol. The van der Waals surface area contributed by atoms with Gasteiger partial charge in [0.05, 0.1) is 17.2 Å². The van der Waals surface area contributed by atoms with Crippen molar-refractivity contribution in [3.63, 3.8) is 0 Å². The van der Waals surface area contributed by atoms with Crippen LogP contribution in [0.3, 0.4) is 0 Å². The van der Waals surface area contributed by atoms with E-state index in [1.54, 1.807) is 12.1 Å². The summed E-state index contributed by atoms with van der Waals surface area (Å²) in [5.74, 6) is -1.73. The Bertz CT molecular complexity index is 1110. The van der Waals surface area contributed by atoms with Crippen molar-refractivity contribution in [2.75, 3.05) is 12.4 Å². The van der Waals surface area contributed by atoms with E-state index in [2.05, 4.69) is 10.3 Å². The fraction of sp³-hybridized carbons (Fsp3) is 0.250. The Morgan fingerprint density at radius 2 is 1.97 bits per heavy atom. The number of carboxylic acids is 1. The van der Waals surface area contributed by atoms with E-state index in [1.807, 2.05) is 19.1 Å². The minimum Gasteiger partial charge on any atom is -0.548 e. The van der Waals surface area contributed by atoms with Gasteiger partial charge in [0.2, 0.25) is 5.89 Å². The van der Waals surface area contributed by atoms with E-state index in [1.165, 1.54) is 19.2 Å². The Kier molecular flexibility index (Phi) is 6.16. The molecular weight excluding hydrogens is 404 g/mol. The standard InChI is InChI=1S/C20H18FN3O4.K/c1-11-3-6-16-15(9-11)22-17(28-16)12-4-5-14(13(21)10-12)23-19(27)24(2)20(7-8-20)18(25)26;/h3-6,9-10H,7-8H2,1-2H3,(H,23,27)(H,25,26);/q;+1/p-1. The third-order valence-corrected chi connectivity index (χ3v) is 5.05. The summed E-state index contributed by atoms with van der Waals surface area (Å²) >= 11 is 0. The number of benzene rings is 2. The van der Waals surface area contributed by atoms with Gasteiger partial charge in [-0.25, -0.2) is 14.2 Å². The molecule has 0 radical (unpaired) electrons. The molecule has 1 aliphatic carbocycles. The van der Waals surface area contributed by atoms with E-state index >= 15 is 0 Å². The number of oxazole rings is 1. The number of carboxylic acid groups (broad SMARTS) is 1. The van der Waals surface area contributed by atoms with Crippen molar-refractivity contribution in [1.29, 1.82) is 0 Å². The molecule has 0 atom stereocenters. The van der Waals surface area contributed by atoms with Gasteiger partial charge >= 0.3 is 57.4 Å². The molecule has 1 heterocycles. The van der Waals surface area contributed by atoms with Gasteiger partial charge in [-0.15, -0.1) is 0 Å². The van der Waals surface area contributed by atoms with Crippen LogP contribution < -0.4 is 61.8 Å². The maximum atomic E-state index is 14.5. The van der Waals surface area contributed by atoms with Crippen LogP contribution in [0.5, 0.6) is 0 Å². The SMILES string of the molecule is Cc1ccc2oc(-c3ccc(NC(=O)N(C)C4(C(=O)[O-])CC4)c(F)c3)nc2c1.[K+]. The summed E-state index contributed by atoms with van der Waals surface area (Å²) in [4.78, 5) is 28.9. The van der Waals surface area contributed by atoms with Crippen LogP contribution in [0, 0.1) is 12.7 Å². The Balaban J connectivity index is 0.00000240. The zero-order valence-electron chi connectivity index (χ0n) is 16.3. The summed E-state index contributed by atoms with van der Waals surface area (Å²) in [5.41, 5.74) is 1.35. The van der Waals surface area contributed by atoms with Gasteiger partial charge in [-0.1, -0.05) is 6.07 Å². The molecule has 144 valence electrons. The minimum atomic E-state index is -1.31. The van der Waals surface area contributed by atoms with Crippen molar-refractivity contribution in [3.05, 3.63) is 47.8 Å². The molecular formula is C20H17FKN3O4. The smallest absolute Gasteiger partial charge is 0.548 e. The molecule has 1 aliphatic rings. The van der Waals surface area contributed by atoms with E-state index in [-0.39, 0.29) is 63.0 Å². The number of carbonyl (C=O) groups is 2. The fourth-order valence-corrected chi connectivity index (χ4v) is 3.10. The zero-order chi connectivity index (χ0) is 20.1. The second-order valence-corrected chi connectivity index (χ2v) is 6.99. The molecule has 0 unspecified atom stereocenters. The molecule has 1 aromatic heterocycles. The van der Waals surface area contributed by atoms with Crippen LogP contribution in [-0.4, -0.2) is 34.5 Å². The molecule has 1 saturated carbocycles. The number of likely N-dealkylation sites (N-methyl/N-ethyl adjacent to an activating group) is 1. The number of hydrogen-bond acceptors (Lipinski definition) is 5. The third-order valence-electron chi connectivity index (χ3n) is 5.05. The molecule has 9 heteroatoms. The van der Waals surface area contributed by atoms with Crippen molar-refractivity contribution in [2.24, 2.45) is 0 Å². The first kappa shape index (κ1) is 21.9. The van der Waals surface area contributed by atoms with Crippen LogP contribution in [0.15, 0.2) is 40.8 Å². The second kappa shape index (κ2) is 8.15. The van der Waals surface area contributed by atoms with Crippen LogP contribution in [0.25, 0.3) is 22.6 Å². The average Bonchev–Trinajstić information content (AvgIpc) is 3.37. The van der Waals surface area contributed by atoms with Crippen molar-refractivity contribution in [2.45, 2.75) is 25.3 Å². The normalized spacial score (nSPS) is 14.2. The largest absolute Gasteiger partial charge is 1.00 e. The molecule has 7 nitrogen and oxygen atoms in total. The first-order valence-corrected chi connectivity index (χ1v) is 8.73. The van der Waals surface area contributed by atoms with E-state index in [4.69, 9.17) is 4.42 Å². The topological polar surface area (TPSA) is 98.5 Å². The summed E-state index contributed by atoms with van der Waals surface area (Å²) in [6.07, 6.45) is 0.635. The Hall–Kier alpha value is -1.78. The maximum absolute atomic E-state index is 14.5. The van der Waals surface area contributed by atoms with Crippen molar-refractivity contribution in [3.8, 4) is 11.5 Å². The van der Waals surface area contributed by atoms with Crippen LogP contribution in [0.1, 0.15) is 18.4 Å². The minimum absolute atomic E-state index is 0.